The molecular formula is C16H17N5. The third-order valence-electron chi connectivity index (χ3n) is 3.10. The maximum absolute atomic E-state index is 4.46. The molecule has 5 nitrogen and oxygen atoms in total. The molecule has 0 unspecified atom stereocenters. The van der Waals surface area contributed by atoms with Gasteiger partial charge in [0.05, 0.1) is 5.52 Å². The van der Waals surface area contributed by atoms with Crippen molar-refractivity contribution in [1.82, 2.24) is 15.0 Å². The van der Waals surface area contributed by atoms with Gasteiger partial charge in [0.25, 0.3) is 0 Å². The van der Waals surface area contributed by atoms with Crippen molar-refractivity contribution in [3.63, 3.8) is 0 Å². The first-order valence-corrected chi connectivity index (χ1v) is 7.04. The summed E-state index contributed by atoms with van der Waals surface area (Å²) >= 11 is 0. The first-order valence-electron chi connectivity index (χ1n) is 7.04. The van der Waals surface area contributed by atoms with Crippen molar-refractivity contribution in [2.75, 3.05) is 17.2 Å². The summed E-state index contributed by atoms with van der Waals surface area (Å²) in [6, 6.07) is 11.8. The number of fused-ring (bicyclic) bond motifs is 1. The summed E-state index contributed by atoms with van der Waals surface area (Å²) in [5.41, 5.74) is 1.95. The second-order valence-electron chi connectivity index (χ2n) is 4.69. The Bertz CT molecular complexity index is 736. The third-order valence-corrected chi connectivity index (χ3v) is 3.10. The van der Waals surface area contributed by atoms with Crippen LogP contribution in [0.25, 0.3) is 10.9 Å². The van der Waals surface area contributed by atoms with Crippen molar-refractivity contribution in [1.29, 1.82) is 0 Å². The number of nitrogens with one attached hydrogen (secondary N) is 2. The van der Waals surface area contributed by atoms with Crippen LogP contribution in [0.3, 0.4) is 0 Å². The number of anilines is 3. The van der Waals surface area contributed by atoms with Gasteiger partial charge in [-0.1, -0.05) is 13.0 Å². The number of hydrogen-bond acceptors (Lipinski definition) is 5. The standard InChI is InChI=1S/C16H17N5/c1-2-9-18-16-19-11-8-15(21-16)20-14-7-3-6-13-12(14)5-4-10-17-13/h3-8,10-11H,2,9H2,1H3,(H2,18,19,20,21). The van der Waals surface area contributed by atoms with Crippen LogP contribution in [-0.4, -0.2) is 21.5 Å². The van der Waals surface area contributed by atoms with Crippen molar-refractivity contribution in [3.05, 3.63) is 48.8 Å². The summed E-state index contributed by atoms with van der Waals surface area (Å²) < 4.78 is 0. The minimum atomic E-state index is 0.639. The number of rotatable bonds is 5. The minimum Gasteiger partial charge on any atom is -0.354 e. The Labute approximate surface area is 123 Å². The first kappa shape index (κ1) is 13.3. The normalized spacial score (nSPS) is 10.5. The van der Waals surface area contributed by atoms with Crippen molar-refractivity contribution in [2.45, 2.75) is 13.3 Å². The molecule has 0 spiro atoms. The van der Waals surface area contributed by atoms with Crippen LogP contribution in [0.1, 0.15) is 13.3 Å². The molecule has 0 saturated heterocycles. The number of nitrogens with zero attached hydrogens (tertiary/aromatic N) is 3. The molecule has 0 amide bonds. The molecule has 0 fully saturated rings. The van der Waals surface area contributed by atoms with Crippen LogP contribution in [0, 0.1) is 0 Å². The highest BCUT2D eigenvalue weighted by atomic mass is 15.1. The largest absolute Gasteiger partial charge is 0.354 e. The Morgan fingerprint density at radius 2 is 1.95 bits per heavy atom. The van der Waals surface area contributed by atoms with E-state index in [0.717, 1.165) is 35.4 Å². The van der Waals surface area contributed by atoms with Gasteiger partial charge in [0, 0.05) is 30.0 Å². The van der Waals surface area contributed by atoms with Gasteiger partial charge in [-0.3, -0.25) is 4.98 Å². The van der Waals surface area contributed by atoms with E-state index in [1.165, 1.54) is 0 Å². The molecule has 0 radical (unpaired) electrons. The fourth-order valence-corrected chi connectivity index (χ4v) is 2.10. The highest BCUT2D eigenvalue weighted by molar-refractivity contribution is 5.92. The molecule has 2 aromatic heterocycles. The van der Waals surface area contributed by atoms with Gasteiger partial charge in [0.15, 0.2) is 0 Å². The summed E-state index contributed by atoms with van der Waals surface area (Å²) in [5, 5.41) is 7.59. The molecule has 0 aliphatic carbocycles. The zero-order valence-electron chi connectivity index (χ0n) is 11.9. The molecule has 0 aliphatic rings. The van der Waals surface area contributed by atoms with Gasteiger partial charge >= 0.3 is 0 Å². The van der Waals surface area contributed by atoms with E-state index in [1.807, 2.05) is 36.4 Å². The molecule has 5 heteroatoms. The lowest BCUT2D eigenvalue weighted by molar-refractivity contribution is 0.953. The molecule has 0 saturated carbocycles. The van der Waals surface area contributed by atoms with Gasteiger partial charge in [-0.05, 0) is 36.8 Å². The summed E-state index contributed by atoms with van der Waals surface area (Å²) in [6.45, 7) is 2.97. The third kappa shape index (κ3) is 3.08. The van der Waals surface area contributed by atoms with E-state index >= 15 is 0 Å². The molecule has 2 heterocycles. The monoisotopic (exact) mass is 279 g/mol. The van der Waals surface area contributed by atoms with Crippen molar-refractivity contribution in [3.8, 4) is 0 Å². The Kier molecular flexibility index (Phi) is 3.91. The fourth-order valence-electron chi connectivity index (χ4n) is 2.10. The van der Waals surface area contributed by atoms with Gasteiger partial charge in [-0.25, -0.2) is 4.98 Å². The summed E-state index contributed by atoms with van der Waals surface area (Å²) in [6.07, 6.45) is 4.58. The van der Waals surface area contributed by atoms with Gasteiger partial charge in [-0.2, -0.15) is 4.98 Å². The van der Waals surface area contributed by atoms with Gasteiger partial charge < -0.3 is 10.6 Å². The van der Waals surface area contributed by atoms with E-state index in [-0.39, 0.29) is 0 Å². The predicted octanol–water partition coefficient (Wildman–Crippen LogP) is 3.59. The number of pyridine rings is 1. The van der Waals surface area contributed by atoms with Crippen LogP contribution in [0.15, 0.2) is 48.8 Å². The smallest absolute Gasteiger partial charge is 0.224 e. The van der Waals surface area contributed by atoms with Gasteiger partial charge in [0.2, 0.25) is 5.95 Å². The first-order chi connectivity index (χ1) is 10.4. The van der Waals surface area contributed by atoms with Gasteiger partial charge in [0.1, 0.15) is 5.82 Å². The van der Waals surface area contributed by atoms with E-state index in [9.17, 15) is 0 Å². The molecule has 1 aromatic carbocycles. The number of aromatic nitrogens is 3. The van der Waals surface area contributed by atoms with Crippen molar-refractivity contribution >= 4 is 28.4 Å². The van der Waals surface area contributed by atoms with E-state index < -0.39 is 0 Å². The van der Waals surface area contributed by atoms with Crippen molar-refractivity contribution in [2.24, 2.45) is 0 Å². The van der Waals surface area contributed by atoms with Crippen LogP contribution >= 0.6 is 0 Å². The van der Waals surface area contributed by atoms with E-state index in [1.54, 1.807) is 12.4 Å². The predicted molar refractivity (Wildman–Crippen MR) is 85.8 cm³/mol. The lowest BCUT2D eigenvalue weighted by Gasteiger charge is -2.10. The maximum Gasteiger partial charge on any atom is 0.224 e. The summed E-state index contributed by atoms with van der Waals surface area (Å²) in [4.78, 5) is 13.0. The molecule has 0 aliphatic heterocycles. The molecule has 106 valence electrons. The molecular weight excluding hydrogens is 262 g/mol. The Morgan fingerprint density at radius 1 is 1.00 bits per heavy atom. The van der Waals surface area contributed by atoms with E-state index in [2.05, 4.69) is 32.5 Å². The molecule has 0 bridgehead atoms. The fraction of sp³-hybridized carbons (Fsp3) is 0.188. The average Bonchev–Trinajstić information content (AvgIpc) is 2.54. The zero-order valence-corrected chi connectivity index (χ0v) is 11.9. The molecule has 0 atom stereocenters. The van der Waals surface area contributed by atoms with E-state index in [4.69, 9.17) is 0 Å². The van der Waals surface area contributed by atoms with Crippen LogP contribution in [0.5, 0.6) is 0 Å². The number of benzene rings is 1. The van der Waals surface area contributed by atoms with Crippen LogP contribution in [0.2, 0.25) is 0 Å². The second kappa shape index (κ2) is 6.17. The SMILES string of the molecule is CCCNc1nccc(Nc2cccc3ncccc23)n1. The molecule has 21 heavy (non-hydrogen) atoms. The zero-order chi connectivity index (χ0) is 14.5. The Hall–Kier alpha value is -2.69. The minimum absolute atomic E-state index is 0.639. The average molecular weight is 279 g/mol. The molecule has 3 rings (SSSR count). The second-order valence-corrected chi connectivity index (χ2v) is 4.69. The quantitative estimate of drug-likeness (QED) is 0.747. The number of hydrogen-bond donors (Lipinski definition) is 2. The Balaban J connectivity index is 1.88. The van der Waals surface area contributed by atoms with Crippen molar-refractivity contribution < 1.29 is 0 Å². The highest BCUT2D eigenvalue weighted by Crippen LogP contribution is 2.24. The highest BCUT2D eigenvalue weighted by Gasteiger charge is 2.03. The van der Waals surface area contributed by atoms with E-state index in [0.29, 0.717) is 5.95 Å². The van der Waals surface area contributed by atoms with Crippen LogP contribution < -0.4 is 10.6 Å². The van der Waals surface area contributed by atoms with Gasteiger partial charge in [-0.15, -0.1) is 0 Å². The Morgan fingerprint density at radius 3 is 2.86 bits per heavy atom. The lowest BCUT2D eigenvalue weighted by Crippen LogP contribution is -2.05. The van der Waals surface area contributed by atoms with Crippen LogP contribution in [0.4, 0.5) is 17.5 Å². The molecule has 2 N–H and O–H groups in total. The summed E-state index contributed by atoms with van der Waals surface area (Å²) in [7, 11) is 0. The maximum atomic E-state index is 4.46. The van der Waals surface area contributed by atoms with Crippen LogP contribution in [-0.2, 0) is 0 Å². The lowest BCUT2D eigenvalue weighted by atomic mass is 10.2. The topological polar surface area (TPSA) is 62.7 Å². The summed E-state index contributed by atoms with van der Waals surface area (Å²) in [5.74, 6) is 1.40. The molecule has 3 aromatic rings.